The molecule has 0 saturated carbocycles. The molecule has 0 aromatic heterocycles. The fourth-order valence-electron chi connectivity index (χ4n) is 1.63. The summed E-state index contributed by atoms with van der Waals surface area (Å²) in [4.78, 5) is 12.3. The lowest BCUT2D eigenvalue weighted by molar-refractivity contribution is 0.106. The molecule has 0 aliphatic heterocycles. The van der Waals surface area contributed by atoms with E-state index in [0.717, 1.165) is 0 Å². The van der Waals surface area contributed by atoms with Crippen LogP contribution >= 0.6 is 11.6 Å². The van der Waals surface area contributed by atoms with E-state index in [1.54, 1.807) is 36.4 Å². The number of carbonyl (C=O) groups excluding carboxylic acids is 1. The second-order valence-corrected chi connectivity index (χ2v) is 4.06. The van der Waals surface area contributed by atoms with Crippen LogP contribution in [0.1, 0.15) is 15.9 Å². The molecule has 0 aliphatic rings. The Morgan fingerprint density at radius 1 is 1.00 bits per heavy atom. The van der Waals surface area contributed by atoms with E-state index in [2.05, 4.69) is 5.10 Å². The van der Waals surface area contributed by atoms with Crippen molar-refractivity contribution >= 4 is 23.1 Å². The number of hydrogen-bond donors (Lipinski definition) is 1. The summed E-state index contributed by atoms with van der Waals surface area (Å²) in [7, 11) is 0. The maximum atomic E-state index is 12.3. The van der Waals surface area contributed by atoms with E-state index >= 15 is 0 Å². The number of hydrogen-bond acceptors (Lipinski definition) is 3. The SMILES string of the molecule is NN=C(C(=O)c1ccccc1Cl)c1ccccc1. The molecule has 4 heteroatoms. The van der Waals surface area contributed by atoms with Crippen LogP contribution in [0.4, 0.5) is 0 Å². The van der Waals surface area contributed by atoms with Gasteiger partial charge in [0.05, 0.1) is 5.02 Å². The zero-order chi connectivity index (χ0) is 13.0. The van der Waals surface area contributed by atoms with E-state index in [9.17, 15) is 4.79 Å². The monoisotopic (exact) mass is 258 g/mol. The fourth-order valence-corrected chi connectivity index (χ4v) is 1.85. The number of hydrazone groups is 1. The lowest BCUT2D eigenvalue weighted by Gasteiger charge is -2.06. The molecule has 0 heterocycles. The van der Waals surface area contributed by atoms with Gasteiger partial charge in [-0.05, 0) is 12.1 Å². The van der Waals surface area contributed by atoms with Gasteiger partial charge in [-0.3, -0.25) is 4.79 Å². The Morgan fingerprint density at radius 2 is 1.61 bits per heavy atom. The third kappa shape index (κ3) is 2.41. The number of rotatable bonds is 3. The average molecular weight is 259 g/mol. The van der Waals surface area contributed by atoms with Gasteiger partial charge in [-0.2, -0.15) is 5.10 Å². The summed E-state index contributed by atoms with van der Waals surface area (Å²) in [6.45, 7) is 0. The van der Waals surface area contributed by atoms with Crippen molar-refractivity contribution in [2.75, 3.05) is 0 Å². The molecular formula is C14H11ClN2O. The van der Waals surface area contributed by atoms with E-state index < -0.39 is 0 Å². The summed E-state index contributed by atoms with van der Waals surface area (Å²) in [6.07, 6.45) is 0. The molecule has 18 heavy (non-hydrogen) atoms. The van der Waals surface area contributed by atoms with E-state index in [4.69, 9.17) is 17.4 Å². The van der Waals surface area contributed by atoms with E-state index in [-0.39, 0.29) is 11.5 Å². The maximum Gasteiger partial charge on any atom is 0.215 e. The third-order valence-corrected chi connectivity index (χ3v) is 2.84. The molecule has 2 rings (SSSR count). The van der Waals surface area contributed by atoms with Gasteiger partial charge in [0, 0.05) is 11.1 Å². The van der Waals surface area contributed by atoms with Gasteiger partial charge in [0.1, 0.15) is 5.71 Å². The standard InChI is InChI=1S/C14H11ClN2O/c15-12-9-5-4-8-11(12)14(18)13(17-16)10-6-2-1-3-7-10/h1-9H,16H2. The molecule has 0 fully saturated rings. The first-order valence-electron chi connectivity index (χ1n) is 5.36. The number of ketones is 1. The van der Waals surface area contributed by atoms with Crippen LogP contribution in [-0.4, -0.2) is 11.5 Å². The highest BCUT2D eigenvalue weighted by Crippen LogP contribution is 2.17. The molecule has 0 unspecified atom stereocenters. The highest BCUT2D eigenvalue weighted by Gasteiger charge is 2.18. The molecule has 2 aromatic rings. The summed E-state index contributed by atoms with van der Waals surface area (Å²) in [6, 6.07) is 15.9. The van der Waals surface area contributed by atoms with Gasteiger partial charge in [0.2, 0.25) is 5.78 Å². The van der Waals surface area contributed by atoms with Crippen molar-refractivity contribution in [2.24, 2.45) is 10.9 Å². The zero-order valence-corrected chi connectivity index (χ0v) is 10.3. The molecule has 0 amide bonds. The van der Waals surface area contributed by atoms with Crippen LogP contribution in [0.15, 0.2) is 59.7 Å². The predicted octanol–water partition coefficient (Wildman–Crippen LogP) is 2.89. The Bertz CT molecular complexity index is 594. The highest BCUT2D eigenvalue weighted by atomic mass is 35.5. The number of benzene rings is 2. The molecule has 3 nitrogen and oxygen atoms in total. The number of nitrogens with zero attached hydrogens (tertiary/aromatic N) is 1. The zero-order valence-electron chi connectivity index (χ0n) is 9.51. The van der Waals surface area contributed by atoms with Gasteiger partial charge in [-0.1, -0.05) is 54.1 Å². The van der Waals surface area contributed by atoms with Crippen molar-refractivity contribution in [3.8, 4) is 0 Å². The van der Waals surface area contributed by atoms with Crippen LogP contribution < -0.4 is 5.84 Å². The topological polar surface area (TPSA) is 55.4 Å². The first kappa shape index (κ1) is 12.3. The van der Waals surface area contributed by atoms with Gasteiger partial charge in [0.25, 0.3) is 0 Å². The minimum Gasteiger partial charge on any atom is -0.323 e. The van der Waals surface area contributed by atoms with Crippen LogP contribution in [-0.2, 0) is 0 Å². The van der Waals surface area contributed by atoms with Gasteiger partial charge < -0.3 is 5.84 Å². The molecule has 0 saturated heterocycles. The van der Waals surface area contributed by atoms with Gasteiger partial charge >= 0.3 is 0 Å². The number of Topliss-reactive ketones (excluding diaryl/α,β-unsaturated/α-hetero) is 1. The predicted molar refractivity (Wildman–Crippen MR) is 72.9 cm³/mol. The molecule has 0 bridgehead atoms. The van der Waals surface area contributed by atoms with Crippen molar-refractivity contribution in [3.63, 3.8) is 0 Å². The summed E-state index contributed by atoms with van der Waals surface area (Å²) >= 11 is 5.99. The lowest BCUT2D eigenvalue weighted by atomic mass is 10.0. The third-order valence-electron chi connectivity index (χ3n) is 2.51. The Kier molecular flexibility index (Phi) is 3.75. The maximum absolute atomic E-state index is 12.3. The molecule has 0 radical (unpaired) electrons. The normalized spacial score (nSPS) is 11.3. The molecule has 2 aromatic carbocycles. The van der Waals surface area contributed by atoms with Crippen molar-refractivity contribution in [2.45, 2.75) is 0 Å². The largest absolute Gasteiger partial charge is 0.323 e. The van der Waals surface area contributed by atoms with Crippen LogP contribution in [0.5, 0.6) is 0 Å². The molecule has 0 aliphatic carbocycles. The van der Waals surface area contributed by atoms with E-state index in [0.29, 0.717) is 16.1 Å². The Balaban J connectivity index is 2.42. The molecule has 2 N–H and O–H groups in total. The van der Waals surface area contributed by atoms with Crippen LogP contribution in [0.25, 0.3) is 0 Å². The second-order valence-electron chi connectivity index (χ2n) is 3.65. The summed E-state index contributed by atoms with van der Waals surface area (Å²) in [5.74, 6) is 5.03. The quantitative estimate of drug-likeness (QED) is 0.398. The molecule has 0 spiro atoms. The van der Waals surface area contributed by atoms with E-state index in [1.165, 1.54) is 0 Å². The minimum atomic E-state index is -0.283. The Labute approximate surface area is 110 Å². The van der Waals surface area contributed by atoms with E-state index in [1.807, 2.05) is 18.2 Å². The van der Waals surface area contributed by atoms with Crippen molar-refractivity contribution < 1.29 is 4.79 Å². The van der Waals surface area contributed by atoms with Crippen LogP contribution in [0, 0.1) is 0 Å². The van der Waals surface area contributed by atoms with Crippen molar-refractivity contribution in [1.82, 2.24) is 0 Å². The summed E-state index contributed by atoms with van der Waals surface area (Å²) < 4.78 is 0. The first-order chi connectivity index (χ1) is 8.74. The van der Waals surface area contributed by atoms with Crippen LogP contribution in [0.3, 0.4) is 0 Å². The number of nitrogens with two attached hydrogens (primary N) is 1. The minimum absolute atomic E-state index is 0.198. The summed E-state index contributed by atoms with van der Waals surface area (Å²) in [5.41, 5.74) is 1.26. The van der Waals surface area contributed by atoms with Crippen molar-refractivity contribution in [3.05, 3.63) is 70.7 Å². The Hall–Kier alpha value is -2.13. The van der Waals surface area contributed by atoms with Crippen LogP contribution in [0.2, 0.25) is 5.02 Å². The number of carbonyl (C=O) groups is 1. The molecule has 90 valence electrons. The molecular weight excluding hydrogens is 248 g/mol. The first-order valence-corrected chi connectivity index (χ1v) is 5.74. The van der Waals surface area contributed by atoms with Gasteiger partial charge in [0.15, 0.2) is 0 Å². The second kappa shape index (κ2) is 5.47. The smallest absolute Gasteiger partial charge is 0.215 e. The fraction of sp³-hybridized carbons (Fsp3) is 0. The molecule has 0 atom stereocenters. The summed E-state index contributed by atoms with van der Waals surface area (Å²) in [5, 5.41) is 3.97. The average Bonchev–Trinajstić information content (AvgIpc) is 2.41. The lowest BCUT2D eigenvalue weighted by Crippen LogP contribution is -2.18. The number of halogens is 1. The van der Waals surface area contributed by atoms with Gasteiger partial charge in [-0.25, -0.2) is 0 Å². The highest BCUT2D eigenvalue weighted by molar-refractivity contribution is 6.53. The van der Waals surface area contributed by atoms with Gasteiger partial charge in [-0.15, -0.1) is 0 Å². The van der Waals surface area contributed by atoms with Crippen molar-refractivity contribution in [1.29, 1.82) is 0 Å². The Morgan fingerprint density at radius 3 is 2.22 bits per heavy atom.